The van der Waals surface area contributed by atoms with Crippen LogP contribution in [-0.2, 0) is 11.3 Å². The number of carbonyl (C=O) groups excluding carboxylic acids is 1. The Kier molecular flexibility index (Phi) is 5.52. The van der Waals surface area contributed by atoms with Gasteiger partial charge in [-0.05, 0) is 35.7 Å². The highest BCUT2D eigenvalue weighted by molar-refractivity contribution is 5.83. The fraction of sp³-hybridized carbons (Fsp3) is 0.190. The average Bonchev–Trinajstić information content (AvgIpc) is 2.69. The Morgan fingerprint density at radius 2 is 1.76 bits per heavy atom. The van der Waals surface area contributed by atoms with Crippen molar-refractivity contribution in [3.63, 3.8) is 0 Å². The van der Waals surface area contributed by atoms with Gasteiger partial charge in [0, 0.05) is 30.7 Å². The summed E-state index contributed by atoms with van der Waals surface area (Å²) < 4.78 is 0. The summed E-state index contributed by atoms with van der Waals surface area (Å²) in [5.41, 5.74) is 3.90. The van der Waals surface area contributed by atoms with Gasteiger partial charge in [-0.1, -0.05) is 43.3 Å². The largest absolute Gasteiger partial charge is 0.351 e. The van der Waals surface area contributed by atoms with Gasteiger partial charge in [0.2, 0.25) is 5.91 Å². The molecule has 1 unspecified atom stereocenters. The maximum Gasteiger partial charge on any atom is 0.227 e. The highest BCUT2D eigenvalue weighted by atomic mass is 16.1. The van der Waals surface area contributed by atoms with Gasteiger partial charge in [-0.15, -0.1) is 0 Å². The van der Waals surface area contributed by atoms with Crippen molar-refractivity contribution in [2.75, 3.05) is 0 Å². The van der Waals surface area contributed by atoms with Gasteiger partial charge >= 0.3 is 0 Å². The standard InChI is InChI=1S/C21H21N3O/c1-2-19(16-7-4-3-5-8-16)21(25)24-15-18-9-6-12-23-20(18)17-10-13-22-14-11-17/h3-14,19H,2,15H2,1H3,(H,24,25). The Bertz CT molecular complexity index is 819. The Hall–Kier alpha value is -3.01. The van der Waals surface area contributed by atoms with Crippen molar-refractivity contribution in [1.82, 2.24) is 15.3 Å². The summed E-state index contributed by atoms with van der Waals surface area (Å²) in [6, 6.07) is 17.6. The molecule has 3 aromatic rings. The topological polar surface area (TPSA) is 54.9 Å². The van der Waals surface area contributed by atoms with Gasteiger partial charge in [0.25, 0.3) is 0 Å². The molecule has 0 saturated carbocycles. The smallest absolute Gasteiger partial charge is 0.227 e. The van der Waals surface area contributed by atoms with Crippen molar-refractivity contribution in [1.29, 1.82) is 0 Å². The van der Waals surface area contributed by atoms with Gasteiger partial charge in [0.1, 0.15) is 0 Å². The van der Waals surface area contributed by atoms with Gasteiger partial charge in [-0.25, -0.2) is 0 Å². The summed E-state index contributed by atoms with van der Waals surface area (Å²) in [6.07, 6.45) is 6.02. The zero-order chi connectivity index (χ0) is 17.5. The molecule has 0 bridgehead atoms. The molecule has 1 N–H and O–H groups in total. The summed E-state index contributed by atoms with van der Waals surface area (Å²) in [4.78, 5) is 21.2. The molecule has 2 aromatic heterocycles. The highest BCUT2D eigenvalue weighted by Crippen LogP contribution is 2.22. The highest BCUT2D eigenvalue weighted by Gasteiger charge is 2.18. The number of hydrogen-bond acceptors (Lipinski definition) is 3. The minimum Gasteiger partial charge on any atom is -0.351 e. The molecule has 1 atom stereocenters. The molecular weight excluding hydrogens is 310 g/mol. The van der Waals surface area contributed by atoms with E-state index in [1.807, 2.05) is 61.5 Å². The Balaban J connectivity index is 1.75. The lowest BCUT2D eigenvalue weighted by Gasteiger charge is -2.16. The number of aromatic nitrogens is 2. The first-order valence-corrected chi connectivity index (χ1v) is 8.46. The van der Waals surface area contributed by atoms with Gasteiger partial charge in [-0.2, -0.15) is 0 Å². The number of carbonyl (C=O) groups is 1. The van der Waals surface area contributed by atoms with E-state index >= 15 is 0 Å². The molecule has 4 nitrogen and oxygen atoms in total. The normalized spacial score (nSPS) is 11.7. The predicted octanol–water partition coefficient (Wildman–Crippen LogP) is 3.95. The fourth-order valence-corrected chi connectivity index (χ4v) is 2.91. The van der Waals surface area contributed by atoms with Crippen LogP contribution in [0.3, 0.4) is 0 Å². The molecular formula is C21H21N3O. The molecule has 0 aliphatic heterocycles. The van der Waals surface area contributed by atoms with Crippen LogP contribution in [0.1, 0.15) is 30.4 Å². The summed E-state index contributed by atoms with van der Waals surface area (Å²) >= 11 is 0. The molecule has 0 fully saturated rings. The number of nitrogens with one attached hydrogen (secondary N) is 1. The zero-order valence-corrected chi connectivity index (χ0v) is 14.2. The summed E-state index contributed by atoms with van der Waals surface area (Å²) in [5.74, 6) is -0.0968. The van der Waals surface area contributed by atoms with Crippen molar-refractivity contribution in [2.24, 2.45) is 0 Å². The average molecular weight is 331 g/mol. The van der Waals surface area contributed by atoms with Crippen LogP contribution in [0, 0.1) is 0 Å². The number of hydrogen-bond donors (Lipinski definition) is 1. The van der Waals surface area contributed by atoms with E-state index in [0.29, 0.717) is 6.54 Å². The van der Waals surface area contributed by atoms with E-state index in [-0.39, 0.29) is 11.8 Å². The minimum absolute atomic E-state index is 0.0400. The van der Waals surface area contributed by atoms with Crippen LogP contribution in [0.5, 0.6) is 0 Å². The first kappa shape index (κ1) is 16.8. The van der Waals surface area contributed by atoms with Crippen LogP contribution in [0.25, 0.3) is 11.3 Å². The lowest BCUT2D eigenvalue weighted by atomic mass is 9.95. The summed E-state index contributed by atoms with van der Waals surface area (Å²) in [6.45, 7) is 2.48. The maximum atomic E-state index is 12.7. The predicted molar refractivity (Wildman–Crippen MR) is 98.8 cm³/mol. The van der Waals surface area contributed by atoms with Crippen LogP contribution in [-0.4, -0.2) is 15.9 Å². The number of nitrogens with zero attached hydrogens (tertiary/aromatic N) is 2. The maximum absolute atomic E-state index is 12.7. The minimum atomic E-state index is -0.137. The number of benzene rings is 1. The number of pyridine rings is 2. The molecule has 0 aliphatic rings. The van der Waals surface area contributed by atoms with Gasteiger partial charge < -0.3 is 5.32 Å². The molecule has 126 valence electrons. The molecule has 2 heterocycles. The van der Waals surface area contributed by atoms with E-state index in [1.165, 1.54) is 0 Å². The van der Waals surface area contributed by atoms with E-state index in [4.69, 9.17) is 0 Å². The Morgan fingerprint density at radius 3 is 2.48 bits per heavy atom. The quantitative estimate of drug-likeness (QED) is 0.744. The second-order valence-corrected chi connectivity index (χ2v) is 5.84. The monoisotopic (exact) mass is 331 g/mol. The van der Waals surface area contributed by atoms with Crippen LogP contribution in [0.2, 0.25) is 0 Å². The fourth-order valence-electron chi connectivity index (χ4n) is 2.91. The second kappa shape index (κ2) is 8.20. The molecule has 3 rings (SSSR count). The summed E-state index contributed by atoms with van der Waals surface area (Å²) in [5, 5.41) is 3.06. The van der Waals surface area contributed by atoms with Crippen LogP contribution in [0.4, 0.5) is 0 Å². The van der Waals surface area contributed by atoms with Crippen LogP contribution >= 0.6 is 0 Å². The Labute approximate surface area is 148 Å². The third-order valence-corrected chi connectivity index (χ3v) is 4.22. The van der Waals surface area contributed by atoms with Gasteiger partial charge in [0.15, 0.2) is 0 Å². The van der Waals surface area contributed by atoms with E-state index in [1.54, 1.807) is 18.6 Å². The lowest BCUT2D eigenvalue weighted by molar-refractivity contribution is -0.122. The van der Waals surface area contributed by atoms with Crippen molar-refractivity contribution in [3.8, 4) is 11.3 Å². The molecule has 0 aliphatic carbocycles. The van der Waals surface area contributed by atoms with Gasteiger partial charge in [-0.3, -0.25) is 14.8 Å². The van der Waals surface area contributed by atoms with Crippen molar-refractivity contribution in [3.05, 3.63) is 84.3 Å². The van der Waals surface area contributed by atoms with Crippen LogP contribution in [0.15, 0.2) is 73.2 Å². The van der Waals surface area contributed by atoms with E-state index in [0.717, 1.165) is 28.8 Å². The lowest BCUT2D eigenvalue weighted by Crippen LogP contribution is -2.29. The second-order valence-electron chi connectivity index (χ2n) is 5.84. The van der Waals surface area contributed by atoms with Crippen molar-refractivity contribution in [2.45, 2.75) is 25.8 Å². The van der Waals surface area contributed by atoms with Crippen molar-refractivity contribution < 1.29 is 4.79 Å². The first-order valence-electron chi connectivity index (χ1n) is 8.46. The number of rotatable bonds is 6. The van der Waals surface area contributed by atoms with E-state index in [9.17, 15) is 4.79 Å². The molecule has 4 heteroatoms. The van der Waals surface area contributed by atoms with Crippen LogP contribution < -0.4 is 5.32 Å². The zero-order valence-electron chi connectivity index (χ0n) is 14.2. The molecule has 0 radical (unpaired) electrons. The van der Waals surface area contributed by atoms with Gasteiger partial charge in [0.05, 0.1) is 11.6 Å². The third-order valence-electron chi connectivity index (χ3n) is 4.22. The Morgan fingerprint density at radius 1 is 1.00 bits per heavy atom. The van der Waals surface area contributed by atoms with E-state index < -0.39 is 0 Å². The molecule has 0 spiro atoms. The first-order chi connectivity index (χ1) is 12.3. The molecule has 0 saturated heterocycles. The van der Waals surface area contributed by atoms with E-state index in [2.05, 4.69) is 15.3 Å². The molecule has 1 aromatic carbocycles. The van der Waals surface area contributed by atoms with Crippen molar-refractivity contribution >= 4 is 5.91 Å². The SMILES string of the molecule is CCC(C(=O)NCc1cccnc1-c1ccncc1)c1ccccc1. The molecule has 25 heavy (non-hydrogen) atoms. The number of amides is 1. The molecule has 1 amide bonds. The summed E-state index contributed by atoms with van der Waals surface area (Å²) in [7, 11) is 0. The third kappa shape index (κ3) is 4.10.